The molecule has 3 aromatic rings. The van der Waals surface area contributed by atoms with Gasteiger partial charge in [0.15, 0.2) is 0 Å². The van der Waals surface area contributed by atoms with Crippen molar-refractivity contribution < 1.29 is 8.94 Å². The SMILES string of the molecule is CNC(Cc1nc(-c2coc3ccccc23)no1)C1CC1. The van der Waals surface area contributed by atoms with Crippen molar-refractivity contribution in [2.24, 2.45) is 5.92 Å². The molecule has 1 aliphatic carbocycles. The van der Waals surface area contributed by atoms with Gasteiger partial charge in [0, 0.05) is 17.8 Å². The third-order valence-corrected chi connectivity index (χ3v) is 4.15. The molecule has 1 aromatic carbocycles. The zero-order chi connectivity index (χ0) is 14.2. The highest BCUT2D eigenvalue weighted by molar-refractivity contribution is 5.91. The predicted molar refractivity (Wildman–Crippen MR) is 78.8 cm³/mol. The van der Waals surface area contributed by atoms with E-state index in [-0.39, 0.29) is 0 Å². The lowest BCUT2D eigenvalue weighted by molar-refractivity contribution is 0.352. The summed E-state index contributed by atoms with van der Waals surface area (Å²) >= 11 is 0. The number of nitrogens with zero attached hydrogens (tertiary/aromatic N) is 2. The molecule has 1 fully saturated rings. The summed E-state index contributed by atoms with van der Waals surface area (Å²) < 4.78 is 10.9. The molecular weight excluding hydrogens is 266 g/mol. The average Bonchev–Trinajstić information content (AvgIpc) is 3.10. The fourth-order valence-corrected chi connectivity index (χ4v) is 2.79. The molecule has 1 aliphatic rings. The Labute approximate surface area is 122 Å². The summed E-state index contributed by atoms with van der Waals surface area (Å²) in [5.74, 6) is 2.03. The maximum Gasteiger partial charge on any atom is 0.228 e. The first-order valence-electron chi connectivity index (χ1n) is 7.31. The maximum atomic E-state index is 5.53. The van der Waals surface area contributed by atoms with Gasteiger partial charge in [-0.25, -0.2) is 0 Å². The lowest BCUT2D eigenvalue weighted by Gasteiger charge is -2.11. The number of hydrogen-bond donors (Lipinski definition) is 1. The molecule has 1 atom stereocenters. The normalized spacial score (nSPS) is 16.4. The van der Waals surface area contributed by atoms with E-state index >= 15 is 0 Å². The Kier molecular flexibility index (Phi) is 3.00. The van der Waals surface area contributed by atoms with E-state index in [9.17, 15) is 0 Å². The maximum absolute atomic E-state index is 5.53. The van der Waals surface area contributed by atoms with Crippen molar-refractivity contribution in [3.05, 3.63) is 36.4 Å². The first-order chi connectivity index (χ1) is 10.3. The topological polar surface area (TPSA) is 64.1 Å². The van der Waals surface area contributed by atoms with Crippen molar-refractivity contribution in [3.8, 4) is 11.4 Å². The van der Waals surface area contributed by atoms with Crippen molar-refractivity contribution >= 4 is 11.0 Å². The fourth-order valence-electron chi connectivity index (χ4n) is 2.79. The molecule has 0 radical (unpaired) electrons. The van der Waals surface area contributed by atoms with Gasteiger partial charge in [0.05, 0.1) is 5.56 Å². The molecule has 0 saturated heterocycles. The van der Waals surface area contributed by atoms with Gasteiger partial charge in [0.1, 0.15) is 11.8 Å². The van der Waals surface area contributed by atoms with Gasteiger partial charge in [-0.1, -0.05) is 23.4 Å². The first kappa shape index (κ1) is 12.6. The Balaban J connectivity index is 1.61. The number of aromatic nitrogens is 2. The molecule has 1 saturated carbocycles. The highest BCUT2D eigenvalue weighted by Crippen LogP contribution is 2.34. The predicted octanol–water partition coefficient (Wildman–Crippen LogP) is 3.02. The number of hydrogen-bond acceptors (Lipinski definition) is 5. The smallest absolute Gasteiger partial charge is 0.228 e. The van der Waals surface area contributed by atoms with Crippen LogP contribution in [0.4, 0.5) is 0 Å². The van der Waals surface area contributed by atoms with Crippen LogP contribution in [-0.2, 0) is 6.42 Å². The Bertz CT molecular complexity index is 758. The molecule has 5 nitrogen and oxygen atoms in total. The molecule has 0 bridgehead atoms. The monoisotopic (exact) mass is 283 g/mol. The number of para-hydroxylation sites is 1. The summed E-state index contributed by atoms with van der Waals surface area (Å²) in [5, 5.41) is 8.45. The van der Waals surface area contributed by atoms with Gasteiger partial charge in [-0.3, -0.25) is 0 Å². The van der Waals surface area contributed by atoms with Crippen molar-refractivity contribution in [1.29, 1.82) is 0 Å². The summed E-state index contributed by atoms with van der Waals surface area (Å²) in [7, 11) is 1.99. The molecule has 108 valence electrons. The van der Waals surface area contributed by atoms with Crippen LogP contribution in [-0.4, -0.2) is 23.2 Å². The van der Waals surface area contributed by atoms with Gasteiger partial charge < -0.3 is 14.3 Å². The van der Waals surface area contributed by atoms with Gasteiger partial charge in [0.25, 0.3) is 0 Å². The third kappa shape index (κ3) is 2.34. The van der Waals surface area contributed by atoms with E-state index in [4.69, 9.17) is 8.94 Å². The average molecular weight is 283 g/mol. The van der Waals surface area contributed by atoms with Crippen LogP contribution in [0.1, 0.15) is 18.7 Å². The largest absolute Gasteiger partial charge is 0.464 e. The molecule has 4 rings (SSSR count). The zero-order valence-corrected chi connectivity index (χ0v) is 11.9. The van der Waals surface area contributed by atoms with Gasteiger partial charge in [-0.15, -0.1) is 0 Å². The van der Waals surface area contributed by atoms with E-state index in [2.05, 4.69) is 15.5 Å². The second kappa shape index (κ2) is 5.00. The second-order valence-electron chi connectivity index (χ2n) is 5.59. The minimum absolute atomic E-state index is 0.430. The van der Waals surface area contributed by atoms with E-state index in [1.807, 2.05) is 31.3 Å². The molecule has 21 heavy (non-hydrogen) atoms. The van der Waals surface area contributed by atoms with Crippen molar-refractivity contribution in [2.75, 3.05) is 7.05 Å². The van der Waals surface area contributed by atoms with Crippen LogP contribution in [0.5, 0.6) is 0 Å². The Hall–Kier alpha value is -2.14. The van der Waals surface area contributed by atoms with E-state index in [1.165, 1.54) is 12.8 Å². The lowest BCUT2D eigenvalue weighted by Crippen LogP contribution is -2.29. The summed E-state index contributed by atoms with van der Waals surface area (Å²) in [5.41, 5.74) is 1.72. The first-order valence-corrected chi connectivity index (χ1v) is 7.31. The van der Waals surface area contributed by atoms with Crippen LogP contribution < -0.4 is 5.32 Å². The van der Waals surface area contributed by atoms with Crippen LogP contribution in [0.2, 0.25) is 0 Å². The van der Waals surface area contributed by atoms with Gasteiger partial charge in [0.2, 0.25) is 11.7 Å². The van der Waals surface area contributed by atoms with Crippen LogP contribution in [0.3, 0.4) is 0 Å². The summed E-state index contributed by atoms with van der Waals surface area (Å²) in [6.07, 6.45) is 5.05. The van der Waals surface area contributed by atoms with Gasteiger partial charge in [-0.2, -0.15) is 4.98 Å². The quantitative estimate of drug-likeness (QED) is 0.779. The Morgan fingerprint density at radius 2 is 2.19 bits per heavy atom. The molecule has 0 spiro atoms. The fraction of sp³-hybridized carbons (Fsp3) is 0.375. The van der Waals surface area contributed by atoms with Crippen LogP contribution in [0, 0.1) is 5.92 Å². The molecule has 1 N–H and O–H groups in total. The molecule has 2 heterocycles. The standard InChI is InChI=1S/C16H17N3O2/c1-17-13(10-6-7-10)8-15-18-16(19-21-15)12-9-20-14-5-3-2-4-11(12)14/h2-5,9-10,13,17H,6-8H2,1H3. The number of benzene rings is 1. The number of fused-ring (bicyclic) bond motifs is 1. The highest BCUT2D eigenvalue weighted by atomic mass is 16.5. The van der Waals surface area contributed by atoms with Crippen LogP contribution >= 0.6 is 0 Å². The van der Waals surface area contributed by atoms with E-state index in [0.717, 1.165) is 28.9 Å². The summed E-state index contributed by atoms with van der Waals surface area (Å²) in [6.45, 7) is 0. The summed E-state index contributed by atoms with van der Waals surface area (Å²) in [4.78, 5) is 4.52. The van der Waals surface area contributed by atoms with E-state index in [0.29, 0.717) is 17.8 Å². The third-order valence-electron chi connectivity index (χ3n) is 4.15. The van der Waals surface area contributed by atoms with Gasteiger partial charge in [-0.05, 0) is 31.9 Å². The molecular formula is C16H17N3O2. The van der Waals surface area contributed by atoms with E-state index in [1.54, 1.807) is 6.26 Å². The van der Waals surface area contributed by atoms with Crippen LogP contribution in [0.15, 0.2) is 39.5 Å². The molecule has 0 amide bonds. The molecule has 0 aliphatic heterocycles. The minimum Gasteiger partial charge on any atom is -0.464 e. The zero-order valence-electron chi connectivity index (χ0n) is 11.9. The van der Waals surface area contributed by atoms with Gasteiger partial charge >= 0.3 is 0 Å². The number of furan rings is 1. The van der Waals surface area contributed by atoms with E-state index < -0.39 is 0 Å². The molecule has 1 unspecified atom stereocenters. The lowest BCUT2D eigenvalue weighted by atomic mass is 10.1. The number of nitrogens with one attached hydrogen (secondary N) is 1. The second-order valence-corrected chi connectivity index (χ2v) is 5.59. The van der Waals surface area contributed by atoms with Crippen molar-refractivity contribution in [2.45, 2.75) is 25.3 Å². The van der Waals surface area contributed by atoms with Crippen molar-refractivity contribution in [3.63, 3.8) is 0 Å². The Morgan fingerprint density at radius 3 is 3.00 bits per heavy atom. The number of likely N-dealkylation sites (N-methyl/N-ethyl adjacent to an activating group) is 1. The summed E-state index contributed by atoms with van der Waals surface area (Å²) in [6, 6.07) is 8.30. The molecule has 2 aromatic heterocycles. The molecule has 5 heteroatoms. The van der Waals surface area contributed by atoms with Crippen molar-refractivity contribution in [1.82, 2.24) is 15.5 Å². The highest BCUT2D eigenvalue weighted by Gasteiger charge is 2.31. The number of rotatable bonds is 5. The van der Waals surface area contributed by atoms with Crippen LogP contribution in [0.25, 0.3) is 22.4 Å². The minimum atomic E-state index is 0.430. The Morgan fingerprint density at radius 1 is 1.33 bits per heavy atom.